The number of rotatable bonds is 3. The van der Waals surface area contributed by atoms with Crippen molar-refractivity contribution in [3.05, 3.63) is 30.0 Å². The second-order valence-electron chi connectivity index (χ2n) is 6.00. The minimum absolute atomic E-state index is 0.155. The molecule has 0 spiro atoms. The second kappa shape index (κ2) is 7.11. The number of hydrogen-bond acceptors (Lipinski definition) is 8. The van der Waals surface area contributed by atoms with Crippen molar-refractivity contribution in [2.45, 2.75) is 13.3 Å². The number of ether oxygens (including phenoxy) is 2. The largest absolute Gasteiger partial charge is 0.483 e. The lowest BCUT2D eigenvalue weighted by molar-refractivity contribution is 0.0726. The highest BCUT2D eigenvalue weighted by Gasteiger charge is 2.30. The Kier molecular flexibility index (Phi) is 4.51. The van der Waals surface area contributed by atoms with Crippen LogP contribution >= 0.6 is 0 Å². The van der Waals surface area contributed by atoms with Gasteiger partial charge in [0.15, 0.2) is 5.69 Å². The van der Waals surface area contributed by atoms with Crippen LogP contribution in [-0.4, -0.2) is 70.1 Å². The summed E-state index contributed by atoms with van der Waals surface area (Å²) in [7, 11) is 0. The van der Waals surface area contributed by atoms with Crippen molar-refractivity contribution in [2.24, 2.45) is 0 Å². The van der Waals surface area contributed by atoms with E-state index >= 15 is 0 Å². The number of hydrogen-bond donors (Lipinski definition) is 0. The Bertz CT molecular complexity index is 793. The van der Waals surface area contributed by atoms with Gasteiger partial charge in [0.25, 0.3) is 11.8 Å². The molecule has 0 N–H and O–H groups in total. The van der Waals surface area contributed by atoms with Gasteiger partial charge in [-0.15, -0.1) is 0 Å². The Balaban J connectivity index is 1.52. The van der Waals surface area contributed by atoms with Crippen LogP contribution in [0.1, 0.15) is 23.2 Å². The Morgan fingerprint density at radius 2 is 1.81 bits per heavy atom. The molecule has 4 rings (SSSR count). The molecule has 26 heavy (non-hydrogen) atoms. The van der Waals surface area contributed by atoms with Gasteiger partial charge in [0.05, 0.1) is 0 Å². The topological polar surface area (TPSA) is 93.6 Å². The Hall–Kier alpha value is -2.97. The molecule has 136 valence electrons. The minimum Gasteiger partial charge on any atom is -0.483 e. The lowest BCUT2D eigenvalue weighted by Gasteiger charge is -2.34. The molecule has 2 aliphatic heterocycles. The summed E-state index contributed by atoms with van der Waals surface area (Å²) in [6, 6.07) is 1.79. The molecule has 9 heteroatoms. The summed E-state index contributed by atoms with van der Waals surface area (Å²) in [5.41, 5.74) is 0.288. The second-order valence-corrected chi connectivity index (χ2v) is 6.00. The molecule has 4 heterocycles. The van der Waals surface area contributed by atoms with Gasteiger partial charge in [0.2, 0.25) is 11.7 Å². The van der Waals surface area contributed by atoms with Crippen LogP contribution in [0.5, 0.6) is 11.6 Å². The van der Waals surface area contributed by atoms with Crippen molar-refractivity contribution in [2.75, 3.05) is 44.3 Å². The molecule has 2 aliphatic rings. The summed E-state index contributed by atoms with van der Waals surface area (Å²) >= 11 is 0. The number of aromatic nitrogens is 4. The normalized spacial score (nSPS) is 16.5. The first-order valence-corrected chi connectivity index (χ1v) is 8.74. The summed E-state index contributed by atoms with van der Waals surface area (Å²) in [4.78, 5) is 34.1. The zero-order valence-corrected chi connectivity index (χ0v) is 14.6. The van der Waals surface area contributed by atoms with Crippen molar-refractivity contribution in [3.63, 3.8) is 0 Å². The Labute approximate surface area is 151 Å². The first-order valence-electron chi connectivity index (χ1n) is 8.74. The standard InChI is InChI=1S/C17H20N6O3/c1-2-12-20-13(14-15(21-12)26-11-10-25-14)16(24)22-6-8-23(9-7-22)17-18-4-3-5-19-17/h3-5H,2,6-11H2,1H3. The van der Waals surface area contributed by atoms with E-state index in [0.717, 1.165) is 0 Å². The van der Waals surface area contributed by atoms with Crippen molar-refractivity contribution in [1.29, 1.82) is 0 Å². The lowest BCUT2D eigenvalue weighted by atomic mass is 10.2. The zero-order valence-electron chi connectivity index (χ0n) is 14.6. The van der Waals surface area contributed by atoms with Gasteiger partial charge >= 0.3 is 0 Å². The maximum Gasteiger partial charge on any atom is 0.276 e. The van der Waals surface area contributed by atoms with E-state index in [1.54, 1.807) is 23.4 Å². The predicted octanol–water partition coefficient (Wildman–Crippen LogP) is 0.563. The number of anilines is 1. The van der Waals surface area contributed by atoms with E-state index in [-0.39, 0.29) is 11.6 Å². The molecule has 1 saturated heterocycles. The van der Waals surface area contributed by atoms with E-state index in [4.69, 9.17) is 9.47 Å². The van der Waals surface area contributed by atoms with E-state index in [1.165, 1.54) is 0 Å². The van der Waals surface area contributed by atoms with Gasteiger partial charge in [-0.05, 0) is 6.07 Å². The van der Waals surface area contributed by atoms with Crippen LogP contribution in [-0.2, 0) is 6.42 Å². The maximum absolute atomic E-state index is 13.0. The molecule has 0 saturated carbocycles. The molecule has 0 radical (unpaired) electrons. The summed E-state index contributed by atoms with van der Waals surface area (Å²) in [5.74, 6) is 1.82. The van der Waals surface area contributed by atoms with E-state index < -0.39 is 0 Å². The van der Waals surface area contributed by atoms with Crippen molar-refractivity contribution in [1.82, 2.24) is 24.8 Å². The van der Waals surface area contributed by atoms with Gasteiger partial charge in [0.1, 0.15) is 19.0 Å². The average molecular weight is 356 g/mol. The number of amides is 1. The van der Waals surface area contributed by atoms with E-state index in [9.17, 15) is 4.79 Å². The molecule has 0 atom stereocenters. The number of carbonyl (C=O) groups excluding carboxylic acids is 1. The molecular formula is C17H20N6O3. The van der Waals surface area contributed by atoms with Gasteiger partial charge in [-0.25, -0.2) is 15.0 Å². The minimum atomic E-state index is -0.155. The number of aryl methyl sites for hydroxylation is 1. The Morgan fingerprint density at radius 3 is 2.54 bits per heavy atom. The van der Waals surface area contributed by atoms with Crippen LogP contribution in [0.4, 0.5) is 5.95 Å². The molecule has 1 fully saturated rings. The number of carbonyl (C=O) groups is 1. The van der Waals surface area contributed by atoms with Crippen LogP contribution in [0.2, 0.25) is 0 Å². The van der Waals surface area contributed by atoms with Gasteiger partial charge in [-0.2, -0.15) is 4.98 Å². The highest BCUT2D eigenvalue weighted by molar-refractivity contribution is 5.95. The van der Waals surface area contributed by atoms with Gasteiger partial charge in [0, 0.05) is 45.0 Å². The van der Waals surface area contributed by atoms with Crippen molar-refractivity contribution in [3.8, 4) is 11.6 Å². The molecule has 0 unspecified atom stereocenters. The Morgan fingerprint density at radius 1 is 1.08 bits per heavy atom. The van der Waals surface area contributed by atoms with Gasteiger partial charge in [-0.1, -0.05) is 6.92 Å². The smallest absolute Gasteiger partial charge is 0.276 e. The van der Waals surface area contributed by atoms with Crippen LogP contribution in [0, 0.1) is 0 Å². The summed E-state index contributed by atoms with van der Waals surface area (Å²) in [6.07, 6.45) is 4.06. The van der Waals surface area contributed by atoms with Gasteiger partial charge < -0.3 is 19.3 Å². The van der Waals surface area contributed by atoms with Crippen molar-refractivity contribution >= 4 is 11.9 Å². The third-order valence-electron chi connectivity index (χ3n) is 4.37. The van der Waals surface area contributed by atoms with Crippen LogP contribution in [0.25, 0.3) is 0 Å². The molecule has 0 aliphatic carbocycles. The fourth-order valence-corrected chi connectivity index (χ4v) is 3.00. The first-order chi connectivity index (χ1) is 12.8. The predicted molar refractivity (Wildman–Crippen MR) is 92.5 cm³/mol. The highest BCUT2D eigenvalue weighted by Crippen LogP contribution is 2.32. The maximum atomic E-state index is 13.0. The van der Waals surface area contributed by atoms with Crippen LogP contribution in [0.15, 0.2) is 18.5 Å². The van der Waals surface area contributed by atoms with E-state index in [0.29, 0.717) is 69.2 Å². The van der Waals surface area contributed by atoms with Crippen molar-refractivity contribution < 1.29 is 14.3 Å². The number of nitrogens with zero attached hydrogens (tertiary/aromatic N) is 6. The lowest BCUT2D eigenvalue weighted by Crippen LogP contribution is -2.49. The molecule has 2 aromatic rings. The van der Waals surface area contributed by atoms with E-state index in [2.05, 4.69) is 24.8 Å². The van der Waals surface area contributed by atoms with Gasteiger partial charge in [-0.3, -0.25) is 4.79 Å². The third kappa shape index (κ3) is 3.12. The average Bonchev–Trinajstić information content (AvgIpc) is 2.73. The molecule has 2 aromatic heterocycles. The molecule has 1 amide bonds. The number of piperazine rings is 1. The monoisotopic (exact) mass is 356 g/mol. The summed E-state index contributed by atoms with van der Waals surface area (Å²) < 4.78 is 11.2. The summed E-state index contributed by atoms with van der Waals surface area (Å²) in [5, 5.41) is 0. The zero-order chi connectivity index (χ0) is 17.9. The fourth-order valence-electron chi connectivity index (χ4n) is 3.00. The fraction of sp³-hybridized carbons (Fsp3) is 0.471. The quantitative estimate of drug-likeness (QED) is 0.788. The summed E-state index contributed by atoms with van der Waals surface area (Å²) in [6.45, 7) is 5.23. The SMILES string of the molecule is CCc1nc2c(c(C(=O)N3CCN(c4ncccn4)CC3)n1)OCCO2. The first kappa shape index (κ1) is 16.5. The van der Waals surface area contributed by atoms with Crippen LogP contribution in [0.3, 0.4) is 0 Å². The van der Waals surface area contributed by atoms with E-state index in [1.807, 2.05) is 6.92 Å². The molecule has 0 aromatic carbocycles. The third-order valence-corrected chi connectivity index (χ3v) is 4.37. The van der Waals surface area contributed by atoms with Crippen LogP contribution < -0.4 is 14.4 Å². The molecule has 0 bridgehead atoms. The highest BCUT2D eigenvalue weighted by atomic mass is 16.6. The molecular weight excluding hydrogens is 336 g/mol. The molecule has 9 nitrogen and oxygen atoms in total. The number of fused-ring (bicyclic) bond motifs is 1.